The summed E-state index contributed by atoms with van der Waals surface area (Å²) in [5.41, 5.74) is 0.307. The monoisotopic (exact) mass is 656 g/mol. The first kappa shape index (κ1) is 31.5. The number of esters is 1. The zero-order chi connectivity index (χ0) is 31.4. The van der Waals surface area contributed by atoms with E-state index in [9.17, 15) is 19.1 Å². The Morgan fingerprint density at radius 3 is 2.40 bits per heavy atom. The van der Waals surface area contributed by atoms with E-state index in [1.807, 2.05) is 13.0 Å². The topological polar surface area (TPSA) is 63.6 Å². The van der Waals surface area contributed by atoms with Gasteiger partial charge in [0.15, 0.2) is 5.78 Å². The molecule has 0 heterocycles. The van der Waals surface area contributed by atoms with Crippen LogP contribution in [0.25, 0.3) is 0 Å². The van der Waals surface area contributed by atoms with Crippen LogP contribution in [0.5, 0.6) is 0 Å². The summed E-state index contributed by atoms with van der Waals surface area (Å²) in [5.74, 6) is -0.0320. The van der Waals surface area contributed by atoms with E-state index in [1.165, 1.54) is 11.6 Å². The van der Waals surface area contributed by atoms with Crippen molar-refractivity contribution < 1.29 is 23.8 Å². The van der Waals surface area contributed by atoms with Crippen LogP contribution in [0.2, 0.25) is 0 Å². The van der Waals surface area contributed by atoms with Crippen LogP contribution in [0.1, 0.15) is 112 Å². The van der Waals surface area contributed by atoms with E-state index in [2.05, 4.69) is 57.5 Å². The Kier molecular flexibility index (Phi) is 7.30. The minimum Gasteiger partial charge on any atom is -0.460 e. The maximum atomic E-state index is 14.5. The molecule has 1 N–H and O–H groups in total. The molecule has 6 rings (SSSR count). The number of carbonyl (C=O) groups is 2. The lowest BCUT2D eigenvalue weighted by Gasteiger charge is -2.70. The fraction of sp³-hybridized carbons (Fsp3) is 0.730. The highest BCUT2D eigenvalue weighted by atomic mass is 79.9. The number of hydrogen-bond donors (Lipinski definition) is 1. The minimum atomic E-state index is -0.691. The number of rotatable bonds is 3. The van der Waals surface area contributed by atoms with E-state index in [-0.39, 0.29) is 69.2 Å². The normalized spacial score (nSPS) is 45.2. The fourth-order valence-electron chi connectivity index (χ4n) is 11.3. The lowest BCUT2D eigenvalue weighted by atomic mass is 9.33. The van der Waals surface area contributed by atoms with Crippen molar-refractivity contribution in [3.63, 3.8) is 0 Å². The molecule has 1 aromatic carbocycles. The van der Waals surface area contributed by atoms with Crippen molar-refractivity contribution in [2.45, 2.75) is 119 Å². The second-order valence-electron chi connectivity index (χ2n) is 16.9. The average molecular weight is 658 g/mol. The number of hydrogen-bond acceptors (Lipinski definition) is 4. The van der Waals surface area contributed by atoms with Crippen LogP contribution >= 0.6 is 15.9 Å². The van der Waals surface area contributed by atoms with Crippen LogP contribution in [-0.4, -0.2) is 23.0 Å². The molecule has 0 unspecified atom stereocenters. The number of aliphatic hydroxyl groups is 1. The summed E-state index contributed by atoms with van der Waals surface area (Å²) < 4.78 is 20.9. The standard InChI is InChI=1S/C37H50BrFO4/c1-32(2)28-10-13-37(7)30(35(28,5)12-11-29(32)41)27(40)19-24-25-20-34(4,15-14-33(25,3)16-17-36(24,37)6)31(42)43-21-22-8-9-23(38)18-26(22)39/h8-9,18-19,25,28-30,41H,10-17,20-21H2,1-7H3/t25-,28-,29-,30+,33+,34-,35-,36+,37+/m0/s1. The smallest absolute Gasteiger partial charge is 0.312 e. The molecular formula is C37H50BrFO4. The maximum absolute atomic E-state index is 14.5. The van der Waals surface area contributed by atoms with Gasteiger partial charge in [0.2, 0.25) is 0 Å². The summed E-state index contributed by atoms with van der Waals surface area (Å²) in [6.07, 6.45) is 9.79. The van der Waals surface area contributed by atoms with Gasteiger partial charge in [-0.05, 0) is 122 Å². The Labute approximate surface area is 265 Å². The fourth-order valence-corrected chi connectivity index (χ4v) is 11.6. The van der Waals surface area contributed by atoms with Crippen LogP contribution in [0, 0.1) is 56.1 Å². The molecule has 0 amide bonds. The van der Waals surface area contributed by atoms with Gasteiger partial charge in [0, 0.05) is 16.0 Å². The Bertz CT molecular complexity index is 1390. The molecule has 5 aliphatic rings. The highest BCUT2D eigenvalue weighted by molar-refractivity contribution is 9.10. The van der Waals surface area contributed by atoms with Crippen LogP contribution in [0.4, 0.5) is 4.39 Å². The van der Waals surface area contributed by atoms with Gasteiger partial charge in [-0.2, -0.15) is 0 Å². The van der Waals surface area contributed by atoms with Gasteiger partial charge in [-0.3, -0.25) is 9.59 Å². The third kappa shape index (κ3) is 4.42. The van der Waals surface area contributed by atoms with E-state index < -0.39 is 5.41 Å². The van der Waals surface area contributed by atoms with E-state index >= 15 is 0 Å². The number of halogens is 2. The first-order valence-corrected chi connectivity index (χ1v) is 17.3. The molecule has 43 heavy (non-hydrogen) atoms. The summed E-state index contributed by atoms with van der Waals surface area (Å²) in [4.78, 5) is 28.2. The summed E-state index contributed by atoms with van der Waals surface area (Å²) in [5, 5.41) is 11.0. The van der Waals surface area contributed by atoms with Gasteiger partial charge in [-0.15, -0.1) is 0 Å². The lowest BCUT2D eigenvalue weighted by molar-refractivity contribution is -0.202. The molecule has 1 aromatic rings. The van der Waals surface area contributed by atoms with Crippen molar-refractivity contribution in [3.05, 3.63) is 45.7 Å². The summed E-state index contributed by atoms with van der Waals surface area (Å²) in [7, 11) is 0. The summed E-state index contributed by atoms with van der Waals surface area (Å²) >= 11 is 3.29. The van der Waals surface area contributed by atoms with Crippen LogP contribution in [0.15, 0.2) is 34.3 Å². The van der Waals surface area contributed by atoms with Gasteiger partial charge in [-0.25, -0.2) is 4.39 Å². The molecule has 5 aliphatic carbocycles. The second kappa shape index (κ2) is 9.98. The van der Waals surface area contributed by atoms with E-state index in [1.54, 1.807) is 12.1 Å². The SMILES string of the molecule is CC1(C)[C@@H](O)CC[C@]2(C)[C@H]3C(=O)C=C4[C@@H]5C[C@@](C)(C(=O)OCc6ccc(Br)cc6F)CC[C@]5(C)CC[C@@]4(C)[C@]3(C)CC[C@@H]12. The zero-order valence-corrected chi connectivity index (χ0v) is 28.7. The quantitative estimate of drug-likeness (QED) is 0.330. The Morgan fingerprint density at radius 1 is 1.00 bits per heavy atom. The second-order valence-corrected chi connectivity index (χ2v) is 17.9. The van der Waals surface area contributed by atoms with Crippen molar-refractivity contribution in [1.82, 2.24) is 0 Å². The van der Waals surface area contributed by atoms with Gasteiger partial charge in [0.1, 0.15) is 12.4 Å². The number of ether oxygens (including phenoxy) is 1. The summed E-state index contributed by atoms with van der Waals surface area (Å²) in [6.45, 7) is 15.9. The third-order valence-corrected chi connectivity index (χ3v) is 14.9. The highest BCUT2D eigenvalue weighted by Gasteiger charge is 2.70. The highest BCUT2D eigenvalue weighted by Crippen LogP contribution is 2.75. The van der Waals surface area contributed by atoms with E-state index in [4.69, 9.17) is 4.74 Å². The molecule has 0 aliphatic heterocycles. The number of carbonyl (C=O) groups excluding carboxylic acids is 2. The molecule has 9 atom stereocenters. The van der Waals surface area contributed by atoms with Crippen molar-refractivity contribution in [2.24, 2.45) is 50.2 Å². The third-order valence-electron chi connectivity index (χ3n) is 14.4. The molecule has 236 valence electrons. The van der Waals surface area contributed by atoms with Gasteiger partial charge in [0.05, 0.1) is 11.5 Å². The first-order chi connectivity index (χ1) is 19.9. The molecular weight excluding hydrogens is 607 g/mol. The Morgan fingerprint density at radius 2 is 1.70 bits per heavy atom. The zero-order valence-electron chi connectivity index (χ0n) is 27.1. The van der Waals surface area contributed by atoms with Crippen molar-refractivity contribution >= 4 is 27.7 Å². The molecule has 4 nitrogen and oxygen atoms in total. The van der Waals surface area contributed by atoms with Gasteiger partial charge < -0.3 is 9.84 Å². The molecule has 0 saturated heterocycles. The van der Waals surface area contributed by atoms with Crippen LogP contribution in [0.3, 0.4) is 0 Å². The average Bonchev–Trinajstić information content (AvgIpc) is 2.92. The van der Waals surface area contributed by atoms with E-state index in [0.717, 1.165) is 51.4 Å². The van der Waals surface area contributed by atoms with E-state index in [0.29, 0.717) is 22.4 Å². The number of benzene rings is 1. The largest absolute Gasteiger partial charge is 0.460 e. The minimum absolute atomic E-state index is 0.0322. The Balaban J connectivity index is 1.32. The van der Waals surface area contributed by atoms with Gasteiger partial charge >= 0.3 is 5.97 Å². The predicted molar refractivity (Wildman–Crippen MR) is 169 cm³/mol. The van der Waals surface area contributed by atoms with Crippen LogP contribution in [-0.2, 0) is 20.9 Å². The maximum Gasteiger partial charge on any atom is 0.312 e. The number of allylic oxidation sites excluding steroid dienone is 2. The molecule has 4 fully saturated rings. The molecule has 0 radical (unpaired) electrons. The number of ketones is 1. The van der Waals surface area contributed by atoms with Crippen molar-refractivity contribution in [2.75, 3.05) is 0 Å². The first-order valence-electron chi connectivity index (χ1n) is 16.5. The van der Waals surface area contributed by atoms with Crippen molar-refractivity contribution in [3.8, 4) is 0 Å². The molecule has 0 aromatic heterocycles. The molecule has 0 spiro atoms. The van der Waals surface area contributed by atoms with Gasteiger partial charge in [-0.1, -0.05) is 69.1 Å². The molecule has 4 saturated carbocycles. The molecule has 6 heteroatoms. The predicted octanol–water partition coefficient (Wildman–Crippen LogP) is 8.97. The van der Waals surface area contributed by atoms with Gasteiger partial charge in [0.25, 0.3) is 0 Å². The van der Waals surface area contributed by atoms with Crippen molar-refractivity contribution in [1.29, 1.82) is 0 Å². The lowest BCUT2D eigenvalue weighted by Crippen LogP contribution is -2.66. The summed E-state index contributed by atoms with van der Waals surface area (Å²) in [6, 6.07) is 4.80. The number of aliphatic hydroxyl groups excluding tert-OH is 1. The Hall–Kier alpha value is -1.53. The number of fused-ring (bicyclic) bond motifs is 7. The molecule has 0 bridgehead atoms. The van der Waals surface area contributed by atoms with Crippen LogP contribution < -0.4 is 0 Å².